The monoisotopic (exact) mass is 423 g/mol. The molecule has 31 heavy (non-hydrogen) atoms. The summed E-state index contributed by atoms with van der Waals surface area (Å²) in [6, 6.07) is 4.90. The van der Waals surface area contributed by atoms with E-state index >= 15 is 0 Å². The molecule has 160 valence electrons. The van der Waals surface area contributed by atoms with Crippen molar-refractivity contribution in [1.82, 2.24) is 14.9 Å². The Balaban J connectivity index is 1.65. The van der Waals surface area contributed by atoms with Crippen molar-refractivity contribution in [3.05, 3.63) is 52.2 Å². The number of morpholine rings is 1. The Morgan fingerprint density at radius 3 is 2.81 bits per heavy atom. The summed E-state index contributed by atoms with van der Waals surface area (Å²) in [7, 11) is 3.21. The number of fused-ring (bicyclic) bond motifs is 1. The van der Waals surface area contributed by atoms with Gasteiger partial charge in [0.2, 0.25) is 0 Å². The molecule has 1 saturated heterocycles. The molecule has 1 fully saturated rings. The number of methoxy groups -OCH3 is 1. The third kappa shape index (κ3) is 3.94. The zero-order valence-electron chi connectivity index (χ0n) is 17.4. The molecule has 2 heterocycles. The number of carbonyl (C=O) groups is 1. The highest BCUT2D eigenvalue weighted by Crippen LogP contribution is 2.32. The number of halogens is 1. The van der Waals surface area contributed by atoms with Crippen LogP contribution < -0.4 is 10.1 Å². The summed E-state index contributed by atoms with van der Waals surface area (Å²) in [5.41, 5.74) is 2.51. The number of nitrogens with one attached hydrogen (secondary N) is 1. The lowest BCUT2D eigenvalue weighted by molar-refractivity contribution is 0.0299. The molecular formula is C22H22FN5O3. The van der Waals surface area contributed by atoms with Crippen LogP contribution in [-0.2, 0) is 17.6 Å². The molecule has 0 saturated carbocycles. The lowest BCUT2D eigenvalue weighted by atomic mass is 10.0. The fourth-order valence-corrected chi connectivity index (χ4v) is 3.85. The highest BCUT2D eigenvalue weighted by Gasteiger charge is 2.25. The molecule has 0 radical (unpaired) electrons. The van der Waals surface area contributed by atoms with E-state index in [9.17, 15) is 14.4 Å². The van der Waals surface area contributed by atoms with Crippen molar-refractivity contribution < 1.29 is 18.7 Å². The Morgan fingerprint density at radius 1 is 1.35 bits per heavy atom. The number of nitriles is 1. The molecule has 1 aromatic carbocycles. The van der Waals surface area contributed by atoms with Gasteiger partial charge in [0, 0.05) is 38.5 Å². The first kappa shape index (κ1) is 20.8. The quantitative estimate of drug-likeness (QED) is 0.787. The maximum atomic E-state index is 14.9. The van der Waals surface area contributed by atoms with Gasteiger partial charge in [-0.1, -0.05) is 6.08 Å². The smallest absolute Gasteiger partial charge is 0.257 e. The molecule has 0 unspecified atom stereocenters. The second-order valence-electron chi connectivity index (χ2n) is 7.22. The molecule has 0 atom stereocenters. The maximum absolute atomic E-state index is 14.9. The molecule has 8 nitrogen and oxygen atoms in total. The third-order valence-electron chi connectivity index (χ3n) is 5.40. The van der Waals surface area contributed by atoms with Crippen molar-refractivity contribution in [2.45, 2.75) is 12.8 Å². The topological polar surface area (TPSA) is 100 Å². The van der Waals surface area contributed by atoms with Gasteiger partial charge in [0.25, 0.3) is 5.91 Å². The fraction of sp³-hybridized carbons (Fsp3) is 0.364. The normalized spacial score (nSPS) is 15.2. The van der Waals surface area contributed by atoms with Crippen molar-refractivity contribution in [2.24, 2.45) is 0 Å². The van der Waals surface area contributed by atoms with Crippen molar-refractivity contribution in [3.8, 4) is 11.8 Å². The number of hydrogen-bond acceptors (Lipinski definition) is 7. The van der Waals surface area contributed by atoms with E-state index in [1.54, 1.807) is 11.9 Å². The van der Waals surface area contributed by atoms with Gasteiger partial charge in [-0.25, -0.2) is 14.4 Å². The molecule has 1 aliphatic carbocycles. The van der Waals surface area contributed by atoms with Crippen LogP contribution in [0.2, 0.25) is 0 Å². The molecule has 1 aromatic heterocycles. The van der Waals surface area contributed by atoms with Crippen molar-refractivity contribution in [2.75, 3.05) is 45.8 Å². The van der Waals surface area contributed by atoms with Crippen LogP contribution >= 0.6 is 0 Å². The summed E-state index contributed by atoms with van der Waals surface area (Å²) in [6.07, 6.45) is 2.58. The number of allylic oxidation sites excluding steroid dienone is 2. The molecule has 1 amide bonds. The minimum atomic E-state index is -0.615. The molecule has 0 bridgehead atoms. The van der Waals surface area contributed by atoms with Crippen LogP contribution in [0.1, 0.15) is 33.0 Å². The van der Waals surface area contributed by atoms with Crippen LogP contribution in [0.5, 0.6) is 5.75 Å². The number of hydrogen-bond donors (Lipinski definition) is 1. The van der Waals surface area contributed by atoms with Crippen LogP contribution in [0.25, 0.3) is 5.57 Å². The lowest BCUT2D eigenvalue weighted by Crippen LogP contribution is -2.41. The summed E-state index contributed by atoms with van der Waals surface area (Å²) < 4.78 is 25.6. The molecule has 9 heteroatoms. The van der Waals surface area contributed by atoms with E-state index in [4.69, 9.17) is 9.47 Å². The molecule has 2 aliphatic rings. The van der Waals surface area contributed by atoms with Crippen molar-refractivity contribution >= 4 is 17.3 Å². The van der Waals surface area contributed by atoms with E-state index in [0.717, 1.165) is 5.69 Å². The van der Waals surface area contributed by atoms with Gasteiger partial charge < -0.3 is 19.7 Å². The van der Waals surface area contributed by atoms with Crippen molar-refractivity contribution in [3.63, 3.8) is 0 Å². The van der Waals surface area contributed by atoms with Gasteiger partial charge >= 0.3 is 0 Å². The van der Waals surface area contributed by atoms with Crippen LogP contribution in [-0.4, -0.2) is 61.2 Å². The number of anilines is 1. The fourth-order valence-electron chi connectivity index (χ4n) is 3.85. The lowest BCUT2D eigenvalue weighted by Gasteiger charge is -2.27. The molecule has 1 aliphatic heterocycles. The van der Waals surface area contributed by atoms with E-state index in [-0.39, 0.29) is 17.9 Å². The van der Waals surface area contributed by atoms with E-state index in [1.165, 1.54) is 19.2 Å². The number of amides is 1. The van der Waals surface area contributed by atoms with Crippen LogP contribution in [0.4, 0.5) is 10.2 Å². The first-order valence-corrected chi connectivity index (χ1v) is 9.97. The van der Waals surface area contributed by atoms with Gasteiger partial charge in [0.05, 0.1) is 48.8 Å². The van der Waals surface area contributed by atoms with E-state index in [1.807, 2.05) is 6.08 Å². The van der Waals surface area contributed by atoms with Crippen LogP contribution in [0, 0.1) is 17.1 Å². The predicted octanol–water partition coefficient (Wildman–Crippen LogP) is 2.19. The maximum Gasteiger partial charge on any atom is 0.257 e. The van der Waals surface area contributed by atoms with E-state index in [0.29, 0.717) is 66.8 Å². The zero-order chi connectivity index (χ0) is 22.0. The standard InChI is InChI=1S/C22H22FN5O3/c1-25-21-20-13(12-24)3-4-17(20)26-19(27-21)10-14-9-16(23)15(11-18(14)30-2)22(29)28-5-7-31-8-6-28/h3,9,11H,4-8,10H2,1-2H3,(H,25,26,27). The van der Waals surface area contributed by atoms with Gasteiger partial charge in [-0.2, -0.15) is 5.26 Å². The van der Waals surface area contributed by atoms with Crippen molar-refractivity contribution in [1.29, 1.82) is 5.26 Å². The summed E-state index contributed by atoms with van der Waals surface area (Å²) in [5.74, 6) is 0.427. The number of rotatable bonds is 5. The molecule has 2 aromatic rings. The number of nitrogens with zero attached hydrogens (tertiary/aromatic N) is 4. The molecule has 4 rings (SSSR count). The largest absolute Gasteiger partial charge is 0.496 e. The summed E-state index contributed by atoms with van der Waals surface area (Å²) in [6.45, 7) is 1.73. The molecular weight excluding hydrogens is 401 g/mol. The van der Waals surface area contributed by atoms with Crippen LogP contribution in [0.3, 0.4) is 0 Å². The average molecular weight is 423 g/mol. The minimum absolute atomic E-state index is 0.0313. The Morgan fingerprint density at radius 2 is 2.13 bits per heavy atom. The van der Waals surface area contributed by atoms with E-state index < -0.39 is 5.82 Å². The summed E-state index contributed by atoms with van der Waals surface area (Å²) in [5, 5.41) is 12.3. The first-order chi connectivity index (χ1) is 15.0. The second-order valence-corrected chi connectivity index (χ2v) is 7.22. The number of aromatic nitrogens is 2. The third-order valence-corrected chi connectivity index (χ3v) is 5.40. The van der Waals surface area contributed by atoms with Gasteiger partial charge in [-0.15, -0.1) is 0 Å². The SMILES string of the molecule is CNc1nc(Cc2cc(F)c(C(=O)N3CCOCC3)cc2OC)nc2c1C(C#N)=CC2. The van der Waals surface area contributed by atoms with E-state index in [2.05, 4.69) is 21.4 Å². The summed E-state index contributed by atoms with van der Waals surface area (Å²) in [4.78, 5) is 23.4. The molecule has 1 N–H and O–H groups in total. The number of carbonyl (C=O) groups excluding carboxylic acids is 1. The molecule has 0 spiro atoms. The predicted molar refractivity (Wildman–Crippen MR) is 111 cm³/mol. The first-order valence-electron chi connectivity index (χ1n) is 9.97. The van der Waals surface area contributed by atoms with Gasteiger partial charge in [-0.05, 0) is 12.1 Å². The Labute approximate surface area is 179 Å². The van der Waals surface area contributed by atoms with Crippen LogP contribution in [0.15, 0.2) is 18.2 Å². The average Bonchev–Trinajstić information content (AvgIpc) is 3.22. The number of ether oxygens (including phenoxy) is 2. The summed E-state index contributed by atoms with van der Waals surface area (Å²) >= 11 is 0. The van der Waals surface area contributed by atoms with Gasteiger partial charge in [0.15, 0.2) is 0 Å². The highest BCUT2D eigenvalue weighted by atomic mass is 19.1. The Kier molecular flexibility index (Phi) is 5.82. The second kappa shape index (κ2) is 8.70. The Bertz CT molecular complexity index is 1100. The minimum Gasteiger partial charge on any atom is -0.496 e. The Hall–Kier alpha value is -3.51. The zero-order valence-corrected chi connectivity index (χ0v) is 17.4. The number of benzene rings is 1. The highest BCUT2D eigenvalue weighted by molar-refractivity contribution is 5.95. The van der Waals surface area contributed by atoms with Gasteiger partial charge in [-0.3, -0.25) is 4.79 Å². The van der Waals surface area contributed by atoms with Gasteiger partial charge in [0.1, 0.15) is 23.2 Å².